The summed E-state index contributed by atoms with van der Waals surface area (Å²) in [6.45, 7) is 0.197. The Labute approximate surface area is 164 Å². The first-order valence-corrected chi connectivity index (χ1v) is 9.36. The Balaban J connectivity index is 1.71. The number of aromatic nitrogens is 1. The van der Waals surface area contributed by atoms with Crippen molar-refractivity contribution in [1.82, 2.24) is 4.98 Å². The molecule has 1 aromatic heterocycles. The molecule has 0 aliphatic carbocycles. The number of aryl methyl sites for hydroxylation is 1. The van der Waals surface area contributed by atoms with Crippen LogP contribution in [0.25, 0.3) is 10.8 Å². The summed E-state index contributed by atoms with van der Waals surface area (Å²) in [5, 5.41) is 22.9. The molecule has 0 aliphatic heterocycles. The van der Waals surface area contributed by atoms with Gasteiger partial charge in [0.2, 0.25) is 5.91 Å². The second-order valence-corrected chi connectivity index (χ2v) is 6.83. The van der Waals surface area contributed by atoms with Gasteiger partial charge in [0.15, 0.2) is 0 Å². The van der Waals surface area contributed by atoms with Crippen molar-refractivity contribution in [1.29, 1.82) is 0 Å². The van der Waals surface area contributed by atoms with E-state index in [1.807, 2.05) is 48.5 Å². The molecular weight excluding hydrogens is 353 g/mol. The van der Waals surface area contributed by atoms with E-state index in [0.717, 1.165) is 27.6 Å². The summed E-state index contributed by atoms with van der Waals surface area (Å²) in [5.74, 6) is -0.615. The van der Waals surface area contributed by atoms with Crippen LogP contribution in [0.4, 0.5) is 5.69 Å². The minimum Gasteiger partial charge on any atom is -0.427 e. The highest BCUT2D eigenvalue weighted by Gasteiger charge is 2.19. The van der Waals surface area contributed by atoms with E-state index in [9.17, 15) is 4.79 Å². The standard InChI is InChI=1S/C21H24BN3O3/c23-13-20(17-5-1-3-15(11-17)4-2-9-22(27)28)21(26)25-19-7-6-18-14-24-10-8-16(18)12-19/h1,3,5-8,10-12,14,20,27-28H,2,4,9,13,23H2,(H,25,26). The molecule has 1 amide bonds. The summed E-state index contributed by atoms with van der Waals surface area (Å²) in [4.78, 5) is 16.9. The van der Waals surface area contributed by atoms with Crippen LogP contribution in [-0.2, 0) is 11.2 Å². The molecule has 6 nitrogen and oxygen atoms in total. The lowest BCUT2D eigenvalue weighted by molar-refractivity contribution is -0.117. The third-order valence-corrected chi connectivity index (χ3v) is 4.74. The number of anilines is 1. The van der Waals surface area contributed by atoms with Crippen LogP contribution < -0.4 is 11.1 Å². The predicted octanol–water partition coefficient (Wildman–Crippen LogP) is 2.32. The van der Waals surface area contributed by atoms with Gasteiger partial charge in [-0.3, -0.25) is 9.78 Å². The average molecular weight is 377 g/mol. The van der Waals surface area contributed by atoms with Crippen molar-refractivity contribution in [2.24, 2.45) is 5.73 Å². The summed E-state index contributed by atoms with van der Waals surface area (Å²) < 4.78 is 0. The molecule has 0 aliphatic rings. The Kier molecular flexibility index (Phi) is 6.76. The normalized spacial score (nSPS) is 12.0. The van der Waals surface area contributed by atoms with Crippen LogP contribution in [-0.4, -0.2) is 34.6 Å². The van der Waals surface area contributed by atoms with Crippen molar-refractivity contribution >= 4 is 29.5 Å². The maximum Gasteiger partial charge on any atom is 0.451 e. The Hall–Kier alpha value is -2.74. The lowest BCUT2D eigenvalue weighted by Gasteiger charge is -2.17. The number of fused-ring (bicyclic) bond motifs is 1. The number of benzene rings is 2. The fourth-order valence-corrected chi connectivity index (χ4v) is 3.24. The lowest BCUT2D eigenvalue weighted by Crippen LogP contribution is -2.27. The molecule has 0 fully saturated rings. The van der Waals surface area contributed by atoms with Crippen LogP contribution in [0, 0.1) is 0 Å². The number of hydrogen-bond donors (Lipinski definition) is 4. The molecule has 0 bridgehead atoms. The highest BCUT2D eigenvalue weighted by Crippen LogP contribution is 2.22. The Morgan fingerprint density at radius 3 is 2.79 bits per heavy atom. The monoisotopic (exact) mass is 377 g/mol. The van der Waals surface area contributed by atoms with Gasteiger partial charge < -0.3 is 21.1 Å². The average Bonchev–Trinajstić information content (AvgIpc) is 2.68. The van der Waals surface area contributed by atoms with E-state index in [1.54, 1.807) is 12.4 Å². The van der Waals surface area contributed by atoms with Gasteiger partial charge in [0.1, 0.15) is 0 Å². The quantitative estimate of drug-likeness (QED) is 0.451. The van der Waals surface area contributed by atoms with Gasteiger partial charge in [-0.1, -0.05) is 36.8 Å². The molecule has 3 rings (SSSR count). The molecule has 0 saturated carbocycles. The second-order valence-electron chi connectivity index (χ2n) is 6.83. The van der Waals surface area contributed by atoms with Crippen LogP contribution >= 0.6 is 0 Å². The maximum absolute atomic E-state index is 12.8. The number of hydrogen-bond acceptors (Lipinski definition) is 5. The van der Waals surface area contributed by atoms with E-state index in [0.29, 0.717) is 19.2 Å². The van der Waals surface area contributed by atoms with Gasteiger partial charge in [-0.05, 0) is 47.5 Å². The Morgan fingerprint density at radius 2 is 2.00 bits per heavy atom. The molecule has 1 heterocycles. The molecule has 2 aromatic carbocycles. The molecule has 1 unspecified atom stereocenters. The van der Waals surface area contributed by atoms with Crippen molar-refractivity contribution in [2.75, 3.05) is 11.9 Å². The van der Waals surface area contributed by atoms with Crippen molar-refractivity contribution in [3.05, 3.63) is 72.1 Å². The zero-order valence-electron chi connectivity index (χ0n) is 15.6. The largest absolute Gasteiger partial charge is 0.451 e. The first-order valence-electron chi connectivity index (χ1n) is 9.36. The molecule has 0 radical (unpaired) electrons. The molecule has 0 spiro atoms. The van der Waals surface area contributed by atoms with E-state index in [4.69, 9.17) is 15.8 Å². The zero-order valence-corrected chi connectivity index (χ0v) is 15.6. The fraction of sp³-hybridized carbons (Fsp3) is 0.238. The van der Waals surface area contributed by atoms with E-state index in [1.165, 1.54) is 0 Å². The van der Waals surface area contributed by atoms with Gasteiger partial charge in [-0.15, -0.1) is 0 Å². The number of nitrogens with two attached hydrogens (primary N) is 1. The van der Waals surface area contributed by atoms with Gasteiger partial charge >= 0.3 is 7.12 Å². The number of amides is 1. The molecule has 5 N–H and O–H groups in total. The lowest BCUT2D eigenvalue weighted by atomic mass is 9.83. The smallest absolute Gasteiger partial charge is 0.427 e. The van der Waals surface area contributed by atoms with Crippen molar-refractivity contribution in [2.45, 2.75) is 25.1 Å². The van der Waals surface area contributed by atoms with Crippen molar-refractivity contribution in [3.63, 3.8) is 0 Å². The van der Waals surface area contributed by atoms with Gasteiger partial charge in [0, 0.05) is 30.0 Å². The van der Waals surface area contributed by atoms with Crippen LogP contribution in [0.1, 0.15) is 23.5 Å². The Bertz CT molecular complexity index is 949. The molecular formula is C21H24BN3O3. The van der Waals surface area contributed by atoms with Crippen LogP contribution in [0.15, 0.2) is 60.9 Å². The zero-order chi connectivity index (χ0) is 19.9. The number of rotatable bonds is 8. The first kappa shape index (κ1) is 20.0. The summed E-state index contributed by atoms with van der Waals surface area (Å²) in [6, 6.07) is 15.3. The number of carbonyl (C=O) groups excluding carboxylic acids is 1. The van der Waals surface area contributed by atoms with Gasteiger partial charge in [-0.2, -0.15) is 0 Å². The van der Waals surface area contributed by atoms with Crippen molar-refractivity contribution in [3.8, 4) is 0 Å². The number of nitrogens with zero attached hydrogens (tertiary/aromatic N) is 1. The molecule has 7 heteroatoms. The van der Waals surface area contributed by atoms with E-state index in [2.05, 4.69) is 10.3 Å². The molecule has 0 saturated heterocycles. The molecule has 28 heavy (non-hydrogen) atoms. The predicted molar refractivity (Wildman–Crippen MR) is 112 cm³/mol. The summed E-state index contributed by atoms with van der Waals surface area (Å²) in [6.07, 6.45) is 5.20. The minimum atomic E-state index is -1.29. The van der Waals surface area contributed by atoms with E-state index in [-0.39, 0.29) is 12.5 Å². The van der Waals surface area contributed by atoms with Crippen LogP contribution in [0.3, 0.4) is 0 Å². The van der Waals surface area contributed by atoms with E-state index >= 15 is 0 Å². The number of carbonyl (C=O) groups is 1. The maximum atomic E-state index is 12.8. The fourth-order valence-electron chi connectivity index (χ4n) is 3.24. The van der Waals surface area contributed by atoms with Gasteiger partial charge in [0.05, 0.1) is 5.92 Å². The number of pyridine rings is 1. The Morgan fingerprint density at radius 1 is 1.14 bits per heavy atom. The highest BCUT2D eigenvalue weighted by atomic mass is 16.4. The van der Waals surface area contributed by atoms with E-state index < -0.39 is 13.0 Å². The SMILES string of the molecule is NCC(C(=O)Nc1ccc2cnccc2c1)c1cccc(CCCB(O)O)c1. The van der Waals surface area contributed by atoms with Crippen LogP contribution in [0.2, 0.25) is 6.32 Å². The second kappa shape index (κ2) is 9.46. The molecule has 144 valence electrons. The van der Waals surface area contributed by atoms with Gasteiger partial charge in [0.25, 0.3) is 0 Å². The number of nitrogens with one attached hydrogen (secondary N) is 1. The third kappa shape index (κ3) is 5.16. The molecule has 3 aromatic rings. The minimum absolute atomic E-state index is 0.154. The molecule has 1 atom stereocenters. The highest BCUT2D eigenvalue weighted by molar-refractivity contribution is 6.40. The van der Waals surface area contributed by atoms with Gasteiger partial charge in [-0.25, -0.2) is 0 Å². The van der Waals surface area contributed by atoms with Crippen molar-refractivity contribution < 1.29 is 14.8 Å². The summed E-state index contributed by atoms with van der Waals surface area (Å²) >= 11 is 0. The topological polar surface area (TPSA) is 108 Å². The summed E-state index contributed by atoms with van der Waals surface area (Å²) in [5.41, 5.74) is 8.52. The third-order valence-electron chi connectivity index (χ3n) is 4.74. The van der Waals surface area contributed by atoms with Crippen LogP contribution in [0.5, 0.6) is 0 Å². The summed E-state index contributed by atoms with van der Waals surface area (Å²) in [7, 11) is -1.29. The first-order chi connectivity index (χ1) is 13.6.